The number of hydrogen-bond acceptors (Lipinski definition) is 2. The predicted molar refractivity (Wildman–Crippen MR) is 71.0 cm³/mol. The van der Waals surface area contributed by atoms with Gasteiger partial charge in [0.15, 0.2) is 0 Å². The van der Waals surface area contributed by atoms with E-state index in [4.69, 9.17) is 0 Å². The van der Waals surface area contributed by atoms with Crippen molar-refractivity contribution in [1.82, 2.24) is 4.90 Å². The Kier molecular flexibility index (Phi) is 4.44. The summed E-state index contributed by atoms with van der Waals surface area (Å²) in [5, 5.41) is 0. The van der Waals surface area contributed by atoms with E-state index in [1.807, 2.05) is 28.3 Å². The Morgan fingerprint density at radius 3 is 2.75 bits per heavy atom. The molecule has 1 aromatic heterocycles. The first-order chi connectivity index (χ1) is 7.18. The molecule has 0 saturated carbocycles. The van der Waals surface area contributed by atoms with Crippen LogP contribution in [-0.2, 0) is 11.3 Å². The van der Waals surface area contributed by atoms with E-state index in [-0.39, 0.29) is 22.9 Å². The average Bonchev–Trinajstić information content (AvgIpc) is 2.62. The van der Waals surface area contributed by atoms with Gasteiger partial charge in [-0.2, -0.15) is 4.57 Å². The van der Waals surface area contributed by atoms with Crippen molar-refractivity contribution in [3.63, 3.8) is 0 Å². The van der Waals surface area contributed by atoms with Gasteiger partial charge in [-0.05, 0) is 6.07 Å². The van der Waals surface area contributed by atoms with E-state index in [1.54, 1.807) is 30.3 Å². The normalized spacial score (nSPS) is 9.88. The molecule has 0 unspecified atom stereocenters. The summed E-state index contributed by atoms with van der Waals surface area (Å²) in [5.41, 5.74) is 3.12. The SMILES string of the molecule is Br.CN(C)C(=O)C[n+]1csc2ccccc21. The van der Waals surface area contributed by atoms with Crippen molar-refractivity contribution in [1.29, 1.82) is 0 Å². The molecule has 0 spiro atoms. The second-order valence-corrected chi connectivity index (χ2v) is 4.49. The molecule has 86 valence electrons. The lowest BCUT2D eigenvalue weighted by molar-refractivity contribution is -0.654. The summed E-state index contributed by atoms with van der Waals surface area (Å²) >= 11 is 1.66. The Labute approximate surface area is 109 Å². The molecule has 1 amide bonds. The maximum atomic E-state index is 11.6. The molecule has 0 aliphatic carbocycles. The third kappa shape index (κ3) is 2.59. The van der Waals surface area contributed by atoms with Crippen molar-refractivity contribution in [2.45, 2.75) is 6.54 Å². The van der Waals surface area contributed by atoms with Gasteiger partial charge in [0.25, 0.3) is 5.91 Å². The van der Waals surface area contributed by atoms with E-state index in [1.165, 1.54) is 4.70 Å². The second-order valence-electron chi connectivity index (χ2n) is 3.61. The highest BCUT2D eigenvalue weighted by Crippen LogP contribution is 2.14. The van der Waals surface area contributed by atoms with Crippen LogP contribution in [0.15, 0.2) is 29.8 Å². The maximum absolute atomic E-state index is 11.6. The van der Waals surface area contributed by atoms with Gasteiger partial charge in [-0.3, -0.25) is 4.79 Å². The van der Waals surface area contributed by atoms with Crippen LogP contribution in [-0.4, -0.2) is 24.9 Å². The number of benzene rings is 1. The third-order valence-electron chi connectivity index (χ3n) is 2.29. The fourth-order valence-electron chi connectivity index (χ4n) is 1.38. The van der Waals surface area contributed by atoms with E-state index in [0.717, 1.165) is 5.52 Å². The minimum atomic E-state index is 0. The number of nitrogens with zero attached hydrogens (tertiary/aromatic N) is 2. The van der Waals surface area contributed by atoms with Crippen LogP contribution in [0.1, 0.15) is 0 Å². The van der Waals surface area contributed by atoms with Crippen LogP contribution in [0.5, 0.6) is 0 Å². The zero-order chi connectivity index (χ0) is 10.8. The molecule has 1 heterocycles. The van der Waals surface area contributed by atoms with E-state index in [2.05, 4.69) is 6.07 Å². The molecule has 0 N–H and O–H groups in total. The average molecular weight is 302 g/mol. The van der Waals surface area contributed by atoms with Crippen LogP contribution in [0, 0.1) is 0 Å². The molecule has 1 aromatic carbocycles. The van der Waals surface area contributed by atoms with Gasteiger partial charge in [-0.15, -0.1) is 17.0 Å². The highest BCUT2D eigenvalue weighted by atomic mass is 79.9. The number of likely N-dealkylation sites (N-methyl/N-ethyl adjacent to an activating group) is 1. The lowest BCUT2D eigenvalue weighted by Gasteiger charge is -2.05. The predicted octanol–water partition coefficient (Wildman–Crippen LogP) is 1.85. The van der Waals surface area contributed by atoms with Crippen LogP contribution in [0.25, 0.3) is 10.2 Å². The minimum Gasteiger partial charge on any atom is -0.343 e. The molecule has 5 heteroatoms. The largest absolute Gasteiger partial charge is 0.343 e. The molecular weight excluding hydrogens is 288 g/mol. The van der Waals surface area contributed by atoms with Gasteiger partial charge in [-0.25, -0.2) is 0 Å². The minimum absolute atomic E-state index is 0. The zero-order valence-electron chi connectivity index (χ0n) is 9.21. The van der Waals surface area contributed by atoms with E-state index < -0.39 is 0 Å². The molecule has 0 fully saturated rings. The summed E-state index contributed by atoms with van der Waals surface area (Å²) in [6.07, 6.45) is 0. The molecule has 2 rings (SSSR count). The van der Waals surface area contributed by atoms with Crippen LogP contribution in [0.2, 0.25) is 0 Å². The third-order valence-corrected chi connectivity index (χ3v) is 3.25. The van der Waals surface area contributed by atoms with Crippen molar-refractivity contribution < 1.29 is 9.36 Å². The monoisotopic (exact) mass is 301 g/mol. The number of hydrogen-bond donors (Lipinski definition) is 0. The number of thiazole rings is 1. The number of rotatable bonds is 2. The summed E-state index contributed by atoms with van der Waals surface area (Å²) in [6.45, 7) is 0.414. The smallest absolute Gasteiger partial charge is 0.288 e. The number of carbonyl (C=O) groups is 1. The van der Waals surface area contributed by atoms with Crippen LogP contribution >= 0.6 is 28.3 Å². The fourth-order valence-corrected chi connectivity index (χ4v) is 2.27. The van der Waals surface area contributed by atoms with Crippen LogP contribution in [0.3, 0.4) is 0 Å². The summed E-state index contributed by atoms with van der Waals surface area (Å²) in [7, 11) is 3.55. The van der Waals surface area contributed by atoms with E-state index in [0.29, 0.717) is 6.54 Å². The number of aromatic nitrogens is 1. The Balaban J connectivity index is 0.00000128. The lowest BCUT2D eigenvalue weighted by Crippen LogP contribution is -2.41. The second kappa shape index (κ2) is 5.41. The first-order valence-corrected chi connectivity index (χ1v) is 5.62. The fraction of sp³-hybridized carbons (Fsp3) is 0.273. The highest BCUT2D eigenvalue weighted by Gasteiger charge is 2.16. The van der Waals surface area contributed by atoms with Crippen molar-refractivity contribution in [2.24, 2.45) is 0 Å². The Morgan fingerprint density at radius 1 is 1.38 bits per heavy atom. The summed E-state index contributed by atoms with van der Waals surface area (Å²) in [4.78, 5) is 13.2. The van der Waals surface area contributed by atoms with E-state index in [9.17, 15) is 4.79 Å². The number of amides is 1. The summed E-state index contributed by atoms with van der Waals surface area (Å²) < 4.78 is 3.20. The number of carbonyl (C=O) groups excluding carboxylic acids is 1. The van der Waals surface area contributed by atoms with Crippen LogP contribution < -0.4 is 4.57 Å². The van der Waals surface area contributed by atoms with Gasteiger partial charge in [0.1, 0.15) is 4.70 Å². The van der Waals surface area contributed by atoms with Gasteiger partial charge in [0, 0.05) is 20.2 Å². The first kappa shape index (κ1) is 13.1. The summed E-state index contributed by atoms with van der Waals surface area (Å²) in [5.74, 6) is 0.114. The molecule has 0 aliphatic heterocycles. The van der Waals surface area contributed by atoms with Gasteiger partial charge >= 0.3 is 0 Å². The molecule has 16 heavy (non-hydrogen) atoms. The quantitative estimate of drug-likeness (QED) is 0.777. The standard InChI is InChI=1S/C11H13N2OS.BrH/c1-12(2)11(14)7-13-8-15-10-6-4-3-5-9(10)13;/h3-6,8H,7H2,1-2H3;1H/q+1;. The molecule has 3 nitrogen and oxygen atoms in total. The molecule has 0 aliphatic rings. The number of para-hydroxylation sites is 1. The maximum Gasteiger partial charge on any atom is 0.288 e. The van der Waals surface area contributed by atoms with Crippen molar-refractivity contribution >= 4 is 44.4 Å². The molecule has 0 atom stereocenters. The van der Waals surface area contributed by atoms with Crippen molar-refractivity contribution in [3.8, 4) is 0 Å². The molecule has 0 radical (unpaired) electrons. The number of halogens is 1. The Bertz CT molecular complexity index is 495. The number of fused-ring (bicyclic) bond motifs is 1. The van der Waals surface area contributed by atoms with Crippen molar-refractivity contribution in [2.75, 3.05) is 14.1 Å². The topological polar surface area (TPSA) is 24.2 Å². The first-order valence-electron chi connectivity index (χ1n) is 4.74. The Hall–Kier alpha value is -0.940. The summed E-state index contributed by atoms with van der Waals surface area (Å²) in [6, 6.07) is 8.11. The van der Waals surface area contributed by atoms with Gasteiger partial charge < -0.3 is 4.90 Å². The van der Waals surface area contributed by atoms with E-state index >= 15 is 0 Å². The van der Waals surface area contributed by atoms with Crippen molar-refractivity contribution in [3.05, 3.63) is 29.8 Å². The van der Waals surface area contributed by atoms with Gasteiger partial charge in [0.2, 0.25) is 17.6 Å². The molecular formula is C11H14BrN2OS+. The highest BCUT2D eigenvalue weighted by molar-refractivity contribution is 8.93. The van der Waals surface area contributed by atoms with Gasteiger partial charge in [0.05, 0.1) is 0 Å². The lowest BCUT2D eigenvalue weighted by atomic mass is 10.3. The van der Waals surface area contributed by atoms with Gasteiger partial charge in [-0.1, -0.05) is 23.5 Å². The van der Waals surface area contributed by atoms with Crippen LogP contribution in [0.4, 0.5) is 0 Å². The molecule has 0 bridgehead atoms. The zero-order valence-corrected chi connectivity index (χ0v) is 11.7. The Morgan fingerprint density at radius 2 is 2.06 bits per heavy atom. The molecule has 2 aromatic rings. The molecule has 0 saturated heterocycles.